The number of primary sulfonamides is 1. The highest BCUT2D eigenvalue weighted by Crippen LogP contribution is 2.27. The number of nitro groups is 1. The molecular weight excluding hydrogens is 352 g/mol. The van der Waals surface area contributed by atoms with Gasteiger partial charge in [-0.15, -0.1) is 0 Å². The third kappa shape index (κ3) is 4.25. The highest BCUT2D eigenvalue weighted by molar-refractivity contribution is 7.89. The summed E-state index contributed by atoms with van der Waals surface area (Å²) in [5, 5.41) is 19.2. The molecule has 3 rings (SSSR count). The number of sulfonamides is 1. The Morgan fingerprint density at radius 1 is 1.40 bits per heavy atom. The third-order valence-corrected chi connectivity index (χ3v) is 5.23. The Hall–Kier alpha value is -1.79. The highest BCUT2D eigenvalue weighted by atomic mass is 32.2. The van der Waals surface area contributed by atoms with Crippen LogP contribution < -0.4 is 10.5 Å². The van der Waals surface area contributed by atoms with Gasteiger partial charge in [-0.25, -0.2) is 13.6 Å². The van der Waals surface area contributed by atoms with Crippen molar-refractivity contribution in [3.05, 3.63) is 28.3 Å². The molecule has 0 spiro atoms. The van der Waals surface area contributed by atoms with Gasteiger partial charge in [0.05, 0.1) is 41.8 Å². The van der Waals surface area contributed by atoms with Gasteiger partial charge in [-0.1, -0.05) is 0 Å². The molecule has 1 atom stereocenters. The van der Waals surface area contributed by atoms with Crippen LogP contribution in [-0.2, 0) is 19.5 Å². The van der Waals surface area contributed by atoms with Crippen LogP contribution in [0.5, 0.6) is 0 Å². The van der Waals surface area contributed by atoms with Crippen LogP contribution in [0.1, 0.15) is 0 Å². The maximum atomic E-state index is 11.4. The Morgan fingerprint density at radius 3 is 2.76 bits per heavy atom. The first-order valence-corrected chi connectivity index (χ1v) is 9.38. The average molecular weight is 372 g/mol. The second-order valence-electron chi connectivity index (χ2n) is 6.04. The molecular formula is C14H20N4O6S. The normalized spacial score (nSPS) is 22.4. The number of nitro benzene ring substituents is 1. The molecule has 0 saturated carbocycles. The largest absolute Gasteiger partial charge is 0.378 e. The lowest BCUT2D eigenvalue weighted by atomic mass is 10.1. The molecule has 0 aliphatic carbocycles. The van der Waals surface area contributed by atoms with Crippen LogP contribution in [0.2, 0.25) is 0 Å². The minimum absolute atomic E-state index is 0.119. The van der Waals surface area contributed by atoms with E-state index in [0.717, 1.165) is 25.8 Å². The minimum Gasteiger partial charge on any atom is -0.378 e. The van der Waals surface area contributed by atoms with Gasteiger partial charge in [0.2, 0.25) is 10.0 Å². The smallest absolute Gasteiger partial charge is 0.293 e. The summed E-state index contributed by atoms with van der Waals surface area (Å²) < 4.78 is 33.6. The number of hydrogen-bond donors (Lipinski definition) is 2. The Balaban J connectivity index is 1.66. The van der Waals surface area contributed by atoms with E-state index in [2.05, 4.69) is 10.2 Å². The maximum Gasteiger partial charge on any atom is 0.293 e. The standard InChI is InChI=1S/C14H20N4O6S/c15-25(21,22)12-1-2-13(14(5-12)18(19)20)16-6-11-7-17(3-4-24-11)10-8-23-9-10/h1-2,5,10-11,16H,3-4,6-9H2,(H2,15,21,22)/t11-/m1/s1. The molecule has 1 aromatic carbocycles. The van der Waals surface area contributed by atoms with E-state index in [1.807, 2.05) is 0 Å². The molecule has 2 heterocycles. The monoisotopic (exact) mass is 372 g/mol. The summed E-state index contributed by atoms with van der Waals surface area (Å²) in [7, 11) is -4.00. The lowest BCUT2D eigenvalue weighted by Gasteiger charge is -2.42. The SMILES string of the molecule is NS(=O)(=O)c1ccc(NC[C@@H]2CN(C3COC3)CCO2)c([N+](=O)[O-])c1. The zero-order valence-electron chi connectivity index (χ0n) is 13.5. The molecule has 10 nitrogen and oxygen atoms in total. The summed E-state index contributed by atoms with van der Waals surface area (Å²) in [6, 6.07) is 3.95. The summed E-state index contributed by atoms with van der Waals surface area (Å²) in [5.74, 6) is 0. The predicted molar refractivity (Wildman–Crippen MR) is 88.9 cm³/mol. The number of nitrogens with zero attached hydrogens (tertiary/aromatic N) is 2. The van der Waals surface area contributed by atoms with Gasteiger partial charge >= 0.3 is 0 Å². The fourth-order valence-electron chi connectivity index (χ4n) is 2.84. The first kappa shape index (κ1) is 18.0. The van der Waals surface area contributed by atoms with E-state index in [4.69, 9.17) is 14.6 Å². The molecule has 2 saturated heterocycles. The lowest BCUT2D eigenvalue weighted by Crippen LogP contribution is -2.56. The molecule has 3 N–H and O–H groups in total. The number of ether oxygens (including phenoxy) is 2. The van der Waals surface area contributed by atoms with Crippen molar-refractivity contribution < 1.29 is 22.8 Å². The number of anilines is 1. The molecule has 2 fully saturated rings. The zero-order valence-corrected chi connectivity index (χ0v) is 14.3. The van der Waals surface area contributed by atoms with Crippen LogP contribution in [0.25, 0.3) is 0 Å². The Bertz CT molecular complexity index is 752. The fourth-order valence-corrected chi connectivity index (χ4v) is 3.38. The van der Waals surface area contributed by atoms with Gasteiger partial charge in [-0.3, -0.25) is 15.0 Å². The number of rotatable bonds is 6. The maximum absolute atomic E-state index is 11.4. The number of nitrogens with two attached hydrogens (primary N) is 1. The van der Waals surface area contributed by atoms with Crippen molar-refractivity contribution in [2.45, 2.75) is 17.0 Å². The van der Waals surface area contributed by atoms with E-state index >= 15 is 0 Å². The second kappa shape index (κ2) is 7.22. The van der Waals surface area contributed by atoms with Crippen LogP contribution >= 0.6 is 0 Å². The molecule has 1 aromatic rings. The van der Waals surface area contributed by atoms with Crippen LogP contribution in [0.15, 0.2) is 23.1 Å². The van der Waals surface area contributed by atoms with Crippen molar-refractivity contribution in [2.24, 2.45) is 5.14 Å². The van der Waals surface area contributed by atoms with Crippen LogP contribution in [0.3, 0.4) is 0 Å². The number of nitrogens with one attached hydrogen (secondary N) is 1. The number of hydrogen-bond acceptors (Lipinski definition) is 8. The molecule has 2 aliphatic rings. The average Bonchev–Trinajstić information content (AvgIpc) is 2.50. The summed E-state index contributed by atoms with van der Waals surface area (Å²) in [5.41, 5.74) is -0.114. The topological polar surface area (TPSA) is 137 Å². The summed E-state index contributed by atoms with van der Waals surface area (Å²) >= 11 is 0. The lowest BCUT2D eigenvalue weighted by molar-refractivity contribution is -0.384. The Kier molecular flexibility index (Phi) is 5.20. The number of benzene rings is 1. The van der Waals surface area contributed by atoms with E-state index in [1.54, 1.807) is 0 Å². The van der Waals surface area contributed by atoms with E-state index in [0.29, 0.717) is 25.7 Å². The molecule has 0 aromatic heterocycles. The van der Waals surface area contributed by atoms with Gasteiger partial charge in [-0.05, 0) is 12.1 Å². The molecule has 0 radical (unpaired) electrons. The van der Waals surface area contributed by atoms with Crippen molar-refractivity contribution >= 4 is 21.4 Å². The van der Waals surface area contributed by atoms with Crippen LogP contribution in [0, 0.1) is 10.1 Å². The van der Waals surface area contributed by atoms with Gasteiger partial charge < -0.3 is 14.8 Å². The zero-order chi connectivity index (χ0) is 18.0. The highest BCUT2D eigenvalue weighted by Gasteiger charge is 2.31. The quantitative estimate of drug-likeness (QED) is 0.515. The van der Waals surface area contributed by atoms with Crippen molar-refractivity contribution in [2.75, 3.05) is 44.8 Å². The molecule has 138 valence electrons. The third-order valence-electron chi connectivity index (χ3n) is 4.32. The summed E-state index contributed by atoms with van der Waals surface area (Å²) in [6.07, 6.45) is -0.119. The van der Waals surface area contributed by atoms with Crippen molar-refractivity contribution in [3.63, 3.8) is 0 Å². The van der Waals surface area contributed by atoms with Crippen molar-refractivity contribution in [3.8, 4) is 0 Å². The molecule has 25 heavy (non-hydrogen) atoms. The molecule has 2 aliphatic heterocycles. The first-order valence-electron chi connectivity index (χ1n) is 7.83. The molecule has 0 bridgehead atoms. The summed E-state index contributed by atoms with van der Waals surface area (Å²) in [4.78, 5) is 12.6. The van der Waals surface area contributed by atoms with Gasteiger partial charge in [0, 0.05) is 25.7 Å². The van der Waals surface area contributed by atoms with Crippen LogP contribution in [0.4, 0.5) is 11.4 Å². The molecule has 0 amide bonds. The van der Waals surface area contributed by atoms with E-state index in [1.165, 1.54) is 12.1 Å². The van der Waals surface area contributed by atoms with Crippen LogP contribution in [-0.4, -0.2) is 69.8 Å². The Labute approximate surface area is 145 Å². The van der Waals surface area contributed by atoms with Crippen molar-refractivity contribution in [1.82, 2.24) is 4.90 Å². The van der Waals surface area contributed by atoms with E-state index in [-0.39, 0.29) is 22.4 Å². The predicted octanol–water partition coefficient (Wildman–Crippen LogP) is -0.246. The Morgan fingerprint density at radius 2 is 2.16 bits per heavy atom. The first-order chi connectivity index (χ1) is 11.8. The van der Waals surface area contributed by atoms with Gasteiger partial charge in [0.25, 0.3) is 5.69 Å². The fraction of sp³-hybridized carbons (Fsp3) is 0.571. The minimum atomic E-state index is -4.00. The summed E-state index contributed by atoms with van der Waals surface area (Å²) in [6.45, 7) is 3.97. The second-order valence-corrected chi connectivity index (χ2v) is 7.60. The van der Waals surface area contributed by atoms with Gasteiger partial charge in [0.1, 0.15) is 5.69 Å². The van der Waals surface area contributed by atoms with E-state index in [9.17, 15) is 18.5 Å². The van der Waals surface area contributed by atoms with Crippen molar-refractivity contribution in [1.29, 1.82) is 0 Å². The van der Waals surface area contributed by atoms with E-state index < -0.39 is 14.9 Å². The molecule has 0 unspecified atom stereocenters. The van der Waals surface area contributed by atoms with Gasteiger partial charge in [-0.2, -0.15) is 0 Å². The van der Waals surface area contributed by atoms with Gasteiger partial charge in [0.15, 0.2) is 0 Å². The number of morpholine rings is 1. The molecule has 11 heteroatoms.